The van der Waals surface area contributed by atoms with Crippen molar-refractivity contribution >= 4 is 11.0 Å². The van der Waals surface area contributed by atoms with Gasteiger partial charge in [0.15, 0.2) is 11.6 Å². The minimum Gasteiger partial charge on any atom is -0.380 e. The van der Waals surface area contributed by atoms with Gasteiger partial charge in [-0.2, -0.15) is 4.68 Å². The second kappa shape index (κ2) is 7.85. The van der Waals surface area contributed by atoms with Gasteiger partial charge in [0, 0.05) is 24.9 Å². The number of rotatable bonds is 5. The van der Waals surface area contributed by atoms with Crippen LogP contribution in [0.1, 0.15) is 58.9 Å². The zero-order valence-electron chi connectivity index (χ0n) is 19.3. The molecular weight excluding hydrogens is 426 g/mol. The average Bonchev–Trinajstić information content (AvgIpc) is 3.44. The second-order valence-corrected chi connectivity index (χ2v) is 8.91. The number of benzene rings is 2. The van der Waals surface area contributed by atoms with Crippen LogP contribution in [0.5, 0.6) is 0 Å². The van der Waals surface area contributed by atoms with Gasteiger partial charge in [-0.25, -0.2) is 19.9 Å². The van der Waals surface area contributed by atoms with Gasteiger partial charge in [0.2, 0.25) is 0 Å². The van der Waals surface area contributed by atoms with E-state index in [1.165, 1.54) is 0 Å². The zero-order chi connectivity index (χ0) is 23.4. The standard InChI is InChI=1S/C26H25N7O/c1-15-27-21(18-13-19(18)25-30-20-11-7-8-12-22(20)32(25)3)14-23(28-15)33-26(29-16(2)31-33)24(34)17-9-5-4-6-10-17/h4-12,14,18-19,24,34H,13H2,1-3H3/t18?,19?,24-/m1/s1. The lowest BCUT2D eigenvalue weighted by atomic mass is 10.1. The molecule has 0 saturated heterocycles. The fraction of sp³-hybridized carbons (Fsp3) is 0.269. The molecule has 6 rings (SSSR count). The number of imidazole rings is 1. The maximum absolute atomic E-state index is 11.0. The fourth-order valence-electron chi connectivity index (χ4n) is 4.74. The molecule has 3 aromatic heterocycles. The molecule has 3 atom stereocenters. The third kappa shape index (κ3) is 3.47. The van der Waals surface area contributed by atoms with E-state index in [-0.39, 0.29) is 5.92 Å². The van der Waals surface area contributed by atoms with E-state index in [1.54, 1.807) is 4.68 Å². The molecule has 0 amide bonds. The van der Waals surface area contributed by atoms with E-state index in [0.717, 1.165) is 34.5 Å². The Kier molecular flexibility index (Phi) is 4.77. The van der Waals surface area contributed by atoms with Crippen LogP contribution in [0.2, 0.25) is 0 Å². The van der Waals surface area contributed by atoms with E-state index in [0.29, 0.717) is 29.2 Å². The van der Waals surface area contributed by atoms with Gasteiger partial charge in [-0.15, -0.1) is 5.10 Å². The minimum atomic E-state index is -0.908. The number of hydrogen-bond acceptors (Lipinski definition) is 6. The molecule has 1 fully saturated rings. The number of aliphatic hydroxyl groups excluding tert-OH is 1. The highest BCUT2D eigenvalue weighted by molar-refractivity contribution is 5.76. The van der Waals surface area contributed by atoms with Crippen molar-refractivity contribution in [2.24, 2.45) is 7.05 Å². The minimum absolute atomic E-state index is 0.267. The van der Waals surface area contributed by atoms with E-state index >= 15 is 0 Å². The van der Waals surface area contributed by atoms with E-state index in [2.05, 4.69) is 38.8 Å². The van der Waals surface area contributed by atoms with Crippen LogP contribution in [0.4, 0.5) is 0 Å². The SMILES string of the molecule is Cc1nc(C2CC2c2nc3ccccc3n2C)cc(-n2nc(C)nc2[C@H](O)c2ccccc2)n1. The van der Waals surface area contributed by atoms with Crippen molar-refractivity contribution in [1.82, 2.24) is 34.3 Å². The van der Waals surface area contributed by atoms with Crippen LogP contribution in [0.25, 0.3) is 16.9 Å². The summed E-state index contributed by atoms with van der Waals surface area (Å²) in [5.74, 6) is 3.96. The summed E-state index contributed by atoms with van der Waals surface area (Å²) in [6.07, 6.45) is 0.0814. The molecule has 1 aliphatic rings. The summed E-state index contributed by atoms with van der Waals surface area (Å²) in [5, 5.41) is 15.6. The van der Waals surface area contributed by atoms with Crippen molar-refractivity contribution in [3.8, 4) is 5.82 Å². The van der Waals surface area contributed by atoms with Crippen LogP contribution in [-0.4, -0.2) is 39.4 Å². The quantitative estimate of drug-likeness (QED) is 0.435. The summed E-state index contributed by atoms with van der Waals surface area (Å²) < 4.78 is 3.82. The molecule has 1 N–H and O–H groups in total. The maximum Gasteiger partial charge on any atom is 0.167 e. The molecular formula is C26H25N7O. The molecule has 2 unspecified atom stereocenters. The number of nitrogens with zero attached hydrogens (tertiary/aromatic N) is 7. The lowest BCUT2D eigenvalue weighted by Gasteiger charge is -2.13. The van der Waals surface area contributed by atoms with Crippen LogP contribution < -0.4 is 0 Å². The summed E-state index contributed by atoms with van der Waals surface area (Å²) in [7, 11) is 2.08. The van der Waals surface area contributed by atoms with Gasteiger partial charge in [-0.1, -0.05) is 42.5 Å². The molecule has 170 valence electrons. The van der Waals surface area contributed by atoms with Gasteiger partial charge in [0.05, 0.1) is 16.7 Å². The molecule has 8 heteroatoms. The normalized spacial score (nSPS) is 18.4. The van der Waals surface area contributed by atoms with Crippen molar-refractivity contribution in [1.29, 1.82) is 0 Å². The average molecular weight is 452 g/mol. The number of fused-ring (bicyclic) bond motifs is 1. The van der Waals surface area contributed by atoms with Crippen molar-refractivity contribution < 1.29 is 5.11 Å². The number of aryl methyl sites for hydroxylation is 3. The second-order valence-electron chi connectivity index (χ2n) is 8.91. The lowest BCUT2D eigenvalue weighted by molar-refractivity contribution is 0.206. The zero-order valence-corrected chi connectivity index (χ0v) is 19.3. The third-order valence-corrected chi connectivity index (χ3v) is 6.48. The van der Waals surface area contributed by atoms with Gasteiger partial charge in [-0.05, 0) is 38.0 Å². The number of para-hydroxylation sites is 2. The third-order valence-electron chi connectivity index (χ3n) is 6.48. The Morgan fingerprint density at radius 2 is 1.65 bits per heavy atom. The summed E-state index contributed by atoms with van der Waals surface area (Å²) in [6, 6.07) is 19.6. The summed E-state index contributed by atoms with van der Waals surface area (Å²) in [6.45, 7) is 3.70. The predicted octanol–water partition coefficient (Wildman–Crippen LogP) is 3.91. The van der Waals surface area contributed by atoms with Crippen LogP contribution in [0.3, 0.4) is 0 Å². The highest BCUT2D eigenvalue weighted by Crippen LogP contribution is 2.54. The highest BCUT2D eigenvalue weighted by atomic mass is 16.3. The first-order valence-corrected chi connectivity index (χ1v) is 11.4. The van der Waals surface area contributed by atoms with Crippen molar-refractivity contribution in [3.63, 3.8) is 0 Å². The molecule has 5 aromatic rings. The van der Waals surface area contributed by atoms with Gasteiger partial charge in [-0.3, -0.25) is 0 Å². The number of aliphatic hydroxyl groups is 1. The van der Waals surface area contributed by atoms with Crippen LogP contribution in [0, 0.1) is 13.8 Å². The predicted molar refractivity (Wildman–Crippen MR) is 128 cm³/mol. The monoisotopic (exact) mass is 451 g/mol. The Hall–Kier alpha value is -3.91. The van der Waals surface area contributed by atoms with Gasteiger partial charge >= 0.3 is 0 Å². The smallest absolute Gasteiger partial charge is 0.167 e. The molecule has 0 aliphatic heterocycles. The van der Waals surface area contributed by atoms with E-state index < -0.39 is 6.10 Å². The molecule has 3 heterocycles. The Morgan fingerprint density at radius 1 is 0.882 bits per heavy atom. The lowest BCUT2D eigenvalue weighted by Crippen LogP contribution is -2.12. The first kappa shape index (κ1) is 20.7. The van der Waals surface area contributed by atoms with Crippen molar-refractivity contribution in [2.45, 2.75) is 38.2 Å². The molecule has 0 bridgehead atoms. The van der Waals surface area contributed by atoms with E-state index in [1.807, 2.05) is 62.4 Å². The summed E-state index contributed by atoms with van der Waals surface area (Å²) >= 11 is 0. The van der Waals surface area contributed by atoms with Gasteiger partial charge < -0.3 is 9.67 Å². The molecule has 1 aliphatic carbocycles. The number of aromatic nitrogens is 7. The topological polar surface area (TPSA) is 94.5 Å². The van der Waals surface area contributed by atoms with Crippen LogP contribution in [-0.2, 0) is 7.05 Å². The Morgan fingerprint density at radius 3 is 2.44 bits per heavy atom. The maximum atomic E-state index is 11.0. The van der Waals surface area contributed by atoms with Crippen molar-refractivity contribution in [3.05, 3.63) is 95.2 Å². The molecule has 2 aromatic carbocycles. The molecule has 34 heavy (non-hydrogen) atoms. The van der Waals surface area contributed by atoms with Crippen LogP contribution in [0.15, 0.2) is 60.7 Å². The molecule has 0 radical (unpaired) electrons. The van der Waals surface area contributed by atoms with E-state index in [4.69, 9.17) is 9.97 Å². The van der Waals surface area contributed by atoms with Gasteiger partial charge in [0.1, 0.15) is 23.6 Å². The van der Waals surface area contributed by atoms with Gasteiger partial charge in [0.25, 0.3) is 0 Å². The first-order chi connectivity index (χ1) is 16.5. The Labute approximate surface area is 197 Å². The fourth-order valence-corrected chi connectivity index (χ4v) is 4.74. The first-order valence-electron chi connectivity index (χ1n) is 11.4. The molecule has 8 nitrogen and oxygen atoms in total. The van der Waals surface area contributed by atoms with Crippen LogP contribution >= 0.6 is 0 Å². The summed E-state index contributed by atoms with van der Waals surface area (Å²) in [4.78, 5) is 18.8. The molecule has 0 spiro atoms. The highest BCUT2D eigenvalue weighted by Gasteiger charge is 2.44. The Balaban J connectivity index is 1.35. The molecule has 1 saturated carbocycles. The van der Waals surface area contributed by atoms with Crippen molar-refractivity contribution in [2.75, 3.05) is 0 Å². The number of hydrogen-bond donors (Lipinski definition) is 1. The van der Waals surface area contributed by atoms with E-state index in [9.17, 15) is 5.11 Å². The largest absolute Gasteiger partial charge is 0.380 e. The summed E-state index contributed by atoms with van der Waals surface area (Å²) in [5.41, 5.74) is 3.88. The Bertz CT molecular complexity index is 1500.